The van der Waals surface area contributed by atoms with Crippen molar-refractivity contribution >= 4 is 11.9 Å². The number of nitrogens with zero attached hydrogens (tertiary/aromatic N) is 1. The summed E-state index contributed by atoms with van der Waals surface area (Å²) in [4.78, 5) is 25.2. The Labute approximate surface area is 102 Å². The average Bonchev–Trinajstić information content (AvgIpc) is 2.72. The minimum Gasteiger partial charge on any atom is -0.468 e. The van der Waals surface area contributed by atoms with Gasteiger partial charge < -0.3 is 15.4 Å². The first-order chi connectivity index (χ1) is 7.90. The second kappa shape index (κ2) is 5.49. The highest BCUT2D eigenvalue weighted by Gasteiger charge is 2.41. The average molecular weight is 242 g/mol. The highest BCUT2D eigenvalue weighted by Crippen LogP contribution is 2.29. The monoisotopic (exact) mass is 242 g/mol. The van der Waals surface area contributed by atoms with Crippen molar-refractivity contribution in [1.82, 2.24) is 4.90 Å². The standard InChI is InChI=1S/C12H22N2O3/c1-9(2)14(8-10(15)17-3)11(16)12(13)6-4-5-7-12/h9H,4-8,13H2,1-3H3. The predicted octanol–water partition coefficient (Wildman–Crippen LogP) is 0.668. The maximum absolute atomic E-state index is 12.4. The van der Waals surface area contributed by atoms with E-state index in [2.05, 4.69) is 4.74 Å². The second-order valence-electron chi connectivity index (χ2n) is 4.97. The van der Waals surface area contributed by atoms with Crippen molar-refractivity contribution in [3.05, 3.63) is 0 Å². The van der Waals surface area contributed by atoms with Gasteiger partial charge in [0, 0.05) is 6.04 Å². The van der Waals surface area contributed by atoms with E-state index in [1.54, 1.807) is 0 Å². The van der Waals surface area contributed by atoms with Gasteiger partial charge in [0.1, 0.15) is 6.54 Å². The van der Waals surface area contributed by atoms with Gasteiger partial charge in [0.05, 0.1) is 12.6 Å². The molecular formula is C12H22N2O3. The normalized spacial score (nSPS) is 18.2. The molecule has 1 aliphatic carbocycles. The van der Waals surface area contributed by atoms with E-state index >= 15 is 0 Å². The molecule has 0 atom stereocenters. The molecule has 5 nitrogen and oxygen atoms in total. The number of ether oxygens (including phenoxy) is 1. The molecule has 0 radical (unpaired) electrons. The van der Waals surface area contributed by atoms with Crippen LogP contribution in [0.4, 0.5) is 0 Å². The molecule has 5 heteroatoms. The van der Waals surface area contributed by atoms with Gasteiger partial charge in [-0.05, 0) is 26.7 Å². The third-order valence-corrected chi connectivity index (χ3v) is 3.33. The first-order valence-electron chi connectivity index (χ1n) is 6.07. The lowest BCUT2D eigenvalue weighted by atomic mass is 9.96. The van der Waals surface area contributed by atoms with Crippen molar-refractivity contribution in [2.75, 3.05) is 13.7 Å². The van der Waals surface area contributed by atoms with Crippen LogP contribution >= 0.6 is 0 Å². The predicted molar refractivity (Wildman–Crippen MR) is 64.3 cm³/mol. The molecule has 1 fully saturated rings. The van der Waals surface area contributed by atoms with Crippen LogP contribution in [0.5, 0.6) is 0 Å². The number of esters is 1. The maximum Gasteiger partial charge on any atom is 0.325 e. The summed E-state index contributed by atoms with van der Waals surface area (Å²) in [6, 6.07) is -0.0531. The summed E-state index contributed by atoms with van der Waals surface area (Å²) < 4.78 is 4.60. The van der Waals surface area contributed by atoms with Crippen molar-refractivity contribution in [2.24, 2.45) is 5.73 Å². The Morgan fingerprint density at radius 2 is 1.88 bits per heavy atom. The van der Waals surface area contributed by atoms with Gasteiger partial charge in [-0.15, -0.1) is 0 Å². The van der Waals surface area contributed by atoms with Gasteiger partial charge in [-0.25, -0.2) is 0 Å². The summed E-state index contributed by atoms with van der Waals surface area (Å²) in [5.41, 5.74) is 5.34. The zero-order valence-corrected chi connectivity index (χ0v) is 10.9. The first-order valence-corrected chi connectivity index (χ1v) is 6.07. The molecular weight excluding hydrogens is 220 g/mol. The van der Waals surface area contributed by atoms with E-state index in [0.717, 1.165) is 12.8 Å². The summed E-state index contributed by atoms with van der Waals surface area (Å²) in [7, 11) is 1.32. The van der Waals surface area contributed by atoms with Crippen LogP contribution in [0.1, 0.15) is 39.5 Å². The number of carbonyl (C=O) groups is 2. The highest BCUT2D eigenvalue weighted by atomic mass is 16.5. The number of amides is 1. The van der Waals surface area contributed by atoms with E-state index in [0.29, 0.717) is 12.8 Å². The van der Waals surface area contributed by atoms with Crippen molar-refractivity contribution in [3.63, 3.8) is 0 Å². The molecule has 0 unspecified atom stereocenters. The van der Waals surface area contributed by atoms with E-state index < -0.39 is 11.5 Å². The second-order valence-corrected chi connectivity index (χ2v) is 4.97. The largest absolute Gasteiger partial charge is 0.468 e. The molecule has 0 spiro atoms. The van der Waals surface area contributed by atoms with Crippen molar-refractivity contribution in [2.45, 2.75) is 51.1 Å². The van der Waals surface area contributed by atoms with Crippen LogP contribution < -0.4 is 5.73 Å². The molecule has 1 amide bonds. The van der Waals surface area contributed by atoms with Gasteiger partial charge >= 0.3 is 5.97 Å². The fraction of sp³-hybridized carbons (Fsp3) is 0.833. The lowest BCUT2D eigenvalue weighted by Crippen LogP contribution is -2.56. The Morgan fingerprint density at radius 1 is 1.35 bits per heavy atom. The number of nitrogens with two attached hydrogens (primary N) is 1. The number of carbonyl (C=O) groups excluding carboxylic acids is 2. The first kappa shape index (κ1) is 14.0. The van der Waals surface area contributed by atoms with Crippen molar-refractivity contribution in [1.29, 1.82) is 0 Å². The van der Waals surface area contributed by atoms with Gasteiger partial charge in [-0.3, -0.25) is 9.59 Å². The third-order valence-electron chi connectivity index (χ3n) is 3.33. The number of methoxy groups -OCH3 is 1. The summed E-state index contributed by atoms with van der Waals surface area (Å²) in [5, 5.41) is 0. The SMILES string of the molecule is COC(=O)CN(C(=O)C1(N)CCCC1)C(C)C. The Balaban J connectivity index is 2.76. The van der Waals surface area contributed by atoms with Gasteiger partial charge in [0.25, 0.3) is 0 Å². The van der Waals surface area contributed by atoms with E-state index in [1.807, 2.05) is 13.8 Å². The Kier molecular flexibility index (Phi) is 4.51. The van der Waals surface area contributed by atoms with E-state index in [4.69, 9.17) is 5.73 Å². The number of hydrogen-bond donors (Lipinski definition) is 1. The van der Waals surface area contributed by atoms with Crippen LogP contribution in [0.25, 0.3) is 0 Å². The smallest absolute Gasteiger partial charge is 0.325 e. The summed E-state index contributed by atoms with van der Waals surface area (Å²) in [6.07, 6.45) is 3.37. The van der Waals surface area contributed by atoms with Crippen LogP contribution in [0, 0.1) is 0 Å². The maximum atomic E-state index is 12.4. The molecule has 0 aromatic rings. The Morgan fingerprint density at radius 3 is 2.29 bits per heavy atom. The van der Waals surface area contributed by atoms with Gasteiger partial charge in [0.15, 0.2) is 0 Å². The fourth-order valence-corrected chi connectivity index (χ4v) is 2.20. The molecule has 0 saturated heterocycles. The molecule has 98 valence electrons. The molecule has 17 heavy (non-hydrogen) atoms. The fourth-order valence-electron chi connectivity index (χ4n) is 2.20. The van der Waals surface area contributed by atoms with Crippen LogP contribution in [-0.2, 0) is 14.3 Å². The van der Waals surface area contributed by atoms with E-state index in [-0.39, 0.29) is 18.5 Å². The molecule has 1 aliphatic rings. The number of rotatable bonds is 4. The molecule has 0 bridgehead atoms. The minimum absolute atomic E-state index is 0.0219. The van der Waals surface area contributed by atoms with Gasteiger partial charge in [-0.1, -0.05) is 12.8 Å². The van der Waals surface area contributed by atoms with Crippen LogP contribution in [0.2, 0.25) is 0 Å². The van der Waals surface area contributed by atoms with Crippen molar-refractivity contribution in [3.8, 4) is 0 Å². The molecule has 0 aromatic heterocycles. The van der Waals surface area contributed by atoms with Crippen LogP contribution in [0.3, 0.4) is 0 Å². The zero-order chi connectivity index (χ0) is 13.1. The molecule has 1 rings (SSSR count). The molecule has 0 aliphatic heterocycles. The molecule has 0 heterocycles. The van der Waals surface area contributed by atoms with E-state index in [9.17, 15) is 9.59 Å². The minimum atomic E-state index is -0.779. The molecule has 1 saturated carbocycles. The quantitative estimate of drug-likeness (QED) is 0.735. The zero-order valence-electron chi connectivity index (χ0n) is 10.9. The Bertz CT molecular complexity index is 296. The summed E-state index contributed by atoms with van der Waals surface area (Å²) in [5.74, 6) is -0.538. The van der Waals surface area contributed by atoms with Gasteiger partial charge in [-0.2, -0.15) is 0 Å². The summed E-state index contributed by atoms with van der Waals surface area (Å²) >= 11 is 0. The lowest BCUT2D eigenvalue weighted by molar-refractivity contribution is -0.150. The third kappa shape index (κ3) is 3.19. The van der Waals surface area contributed by atoms with E-state index in [1.165, 1.54) is 12.0 Å². The van der Waals surface area contributed by atoms with Crippen molar-refractivity contribution < 1.29 is 14.3 Å². The molecule has 0 aromatic carbocycles. The Hall–Kier alpha value is -1.10. The number of hydrogen-bond acceptors (Lipinski definition) is 4. The van der Waals surface area contributed by atoms with Crippen LogP contribution in [0.15, 0.2) is 0 Å². The summed E-state index contributed by atoms with van der Waals surface area (Å²) in [6.45, 7) is 3.73. The van der Waals surface area contributed by atoms with Crippen LogP contribution in [-0.4, -0.2) is 42.0 Å². The highest BCUT2D eigenvalue weighted by molar-refractivity contribution is 5.89. The topological polar surface area (TPSA) is 72.6 Å². The van der Waals surface area contributed by atoms with Gasteiger partial charge in [0.2, 0.25) is 5.91 Å². The lowest BCUT2D eigenvalue weighted by Gasteiger charge is -2.33. The molecule has 2 N–H and O–H groups in total.